The van der Waals surface area contributed by atoms with E-state index < -0.39 is 0 Å². The van der Waals surface area contributed by atoms with E-state index in [0.717, 1.165) is 37.6 Å². The molecule has 1 aliphatic heterocycles. The highest BCUT2D eigenvalue weighted by atomic mass is 16.5. The highest BCUT2D eigenvalue weighted by Crippen LogP contribution is 2.30. The summed E-state index contributed by atoms with van der Waals surface area (Å²) >= 11 is 0. The van der Waals surface area contributed by atoms with E-state index in [1.807, 2.05) is 18.2 Å². The van der Waals surface area contributed by atoms with E-state index in [9.17, 15) is 9.90 Å². The standard InChI is InChI=1S/C23H22N4O4/c1-26-14-24-19-11-18(16-2-4-17(5-3-16)27-6-8-30-9-7-27)25-22(21(19)23(26)29)20-10-15(12-28)13-31-20/h2-5,10-11,13-14,28H,6-9,12H2,1H3. The Labute approximate surface area is 178 Å². The SMILES string of the molecule is Cn1cnc2cc(-c3ccc(N4CCOCC4)cc3)nc(-c3cc(CO)co3)c2c1=O. The van der Waals surface area contributed by atoms with Gasteiger partial charge in [0.15, 0.2) is 5.76 Å². The Morgan fingerprint density at radius 3 is 2.61 bits per heavy atom. The number of anilines is 1. The van der Waals surface area contributed by atoms with Crippen LogP contribution in [-0.4, -0.2) is 45.9 Å². The van der Waals surface area contributed by atoms with Crippen molar-refractivity contribution in [2.45, 2.75) is 6.61 Å². The van der Waals surface area contributed by atoms with Crippen molar-refractivity contribution in [2.75, 3.05) is 31.2 Å². The number of furan rings is 1. The van der Waals surface area contributed by atoms with Crippen molar-refractivity contribution in [1.82, 2.24) is 14.5 Å². The first-order chi connectivity index (χ1) is 15.1. The summed E-state index contributed by atoms with van der Waals surface area (Å²) in [7, 11) is 1.65. The molecular formula is C23H22N4O4. The van der Waals surface area contributed by atoms with Crippen molar-refractivity contribution in [3.05, 3.63) is 64.9 Å². The first-order valence-electron chi connectivity index (χ1n) is 10.1. The third-order valence-electron chi connectivity index (χ3n) is 5.51. The second-order valence-electron chi connectivity index (χ2n) is 7.53. The van der Waals surface area contributed by atoms with Crippen molar-refractivity contribution in [1.29, 1.82) is 0 Å². The van der Waals surface area contributed by atoms with Gasteiger partial charge in [-0.2, -0.15) is 0 Å². The fourth-order valence-electron chi connectivity index (χ4n) is 3.80. The Morgan fingerprint density at radius 2 is 1.90 bits per heavy atom. The molecule has 8 nitrogen and oxygen atoms in total. The molecule has 1 aromatic carbocycles. The number of morpholine rings is 1. The highest BCUT2D eigenvalue weighted by molar-refractivity contribution is 5.93. The van der Waals surface area contributed by atoms with Crippen LogP contribution in [0.4, 0.5) is 5.69 Å². The van der Waals surface area contributed by atoms with Crippen molar-refractivity contribution in [3.63, 3.8) is 0 Å². The third-order valence-corrected chi connectivity index (χ3v) is 5.51. The van der Waals surface area contributed by atoms with Crippen molar-refractivity contribution in [2.24, 2.45) is 7.05 Å². The van der Waals surface area contributed by atoms with Crippen molar-refractivity contribution < 1.29 is 14.3 Å². The molecule has 4 heterocycles. The van der Waals surface area contributed by atoms with Crippen LogP contribution in [-0.2, 0) is 18.4 Å². The zero-order valence-electron chi connectivity index (χ0n) is 17.1. The summed E-state index contributed by atoms with van der Waals surface area (Å²) in [5.41, 5.74) is 4.11. The molecule has 4 aromatic rings. The van der Waals surface area contributed by atoms with Crippen LogP contribution in [0.15, 0.2) is 58.2 Å². The average molecular weight is 418 g/mol. The molecule has 31 heavy (non-hydrogen) atoms. The lowest BCUT2D eigenvalue weighted by atomic mass is 10.1. The van der Waals surface area contributed by atoms with Crippen LogP contribution >= 0.6 is 0 Å². The number of aliphatic hydroxyl groups is 1. The summed E-state index contributed by atoms with van der Waals surface area (Å²) < 4.78 is 12.5. The summed E-state index contributed by atoms with van der Waals surface area (Å²) in [5, 5.41) is 9.79. The van der Waals surface area contributed by atoms with Gasteiger partial charge in [0.05, 0.1) is 49.0 Å². The van der Waals surface area contributed by atoms with E-state index in [2.05, 4.69) is 22.0 Å². The van der Waals surface area contributed by atoms with E-state index in [1.54, 1.807) is 13.1 Å². The molecule has 0 spiro atoms. The van der Waals surface area contributed by atoms with Crippen LogP contribution in [0, 0.1) is 0 Å². The van der Waals surface area contributed by atoms with Gasteiger partial charge in [-0.25, -0.2) is 9.97 Å². The van der Waals surface area contributed by atoms with Gasteiger partial charge in [-0.15, -0.1) is 0 Å². The Bertz CT molecular complexity index is 1290. The highest BCUT2D eigenvalue weighted by Gasteiger charge is 2.18. The summed E-state index contributed by atoms with van der Waals surface area (Å²) in [6.45, 7) is 3.06. The number of aromatic nitrogens is 3. The largest absolute Gasteiger partial charge is 0.462 e. The molecule has 1 N–H and O–H groups in total. The molecule has 1 fully saturated rings. The maximum atomic E-state index is 12.8. The number of fused-ring (bicyclic) bond motifs is 1. The lowest BCUT2D eigenvalue weighted by Crippen LogP contribution is -2.36. The number of pyridine rings is 1. The van der Waals surface area contributed by atoms with Crippen LogP contribution in [0.3, 0.4) is 0 Å². The molecule has 8 heteroatoms. The molecular weight excluding hydrogens is 396 g/mol. The third kappa shape index (κ3) is 3.60. The van der Waals surface area contributed by atoms with Gasteiger partial charge >= 0.3 is 0 Å². The number of ether oxygens (including phenoxy) is 1. The zero-order chi connectivity index (χ0) is 21.4. The quantitative estimate of drug-likeness (QED) is 0.544. The molecule has 158 valence electrons. The number of nitrogens with zero attached hydrogens (tertiary/aromatic N) is 4. The first kappa shape index (κ1) is 19.5. The number of aliphatic hydroxyl groups excluding tert-OH is 1. The molecule has 3 aromatic heterocycles. The van der Waals surface area contributed by atoms with Crippen molar-refractivity contribution in [3.8, 4) is 22.7 Å². The Morgan fingerprint density at radius 1 is 1.13 bits per heavy atom. The van der Waals surface area contributed by atoms with Crippen LogP contribution in [0.25, 0.3) is 33.6 Å². The fourth-order valence-corrected chi connectivity index (χ4v) is 3.80. The van der Waals surface area contributed by atoms with Gasteiger partial charge in [0.25, 0.3) is 5.56 Å². The van der Waals surface area contributed by atoms with Gasteiger partial charge in [0, 0.05) is 37.0 Å². The van der Waals surface area contributed by atoms with Crippen molar-refractivity contribution >= 4 is 16.6 Å². The van der Waals surface area contributed by atoms with Crippen LogP contribution in [0.2, 0.25) is 0 Å². The fraction of sp³-hybridized carbons (Fsp3) is 0.261. The van der Waals surface area contributed by atoms with E-state index in [-0.39, 0.29) is 12.2 Å². The second kappa shape index (κ2) is 7.98. The predicted molar refractivity (Wildman–Crippen MR) is 117 cm³/mol. The number of hydrogen-bond acceptors (Lipinski definition) is 7. The Balaban J connectivity index is 1.62. The first-order valence-corrected chi connectivity index (χ1v) is 10.1. The van der Waals surface area contributed by atoms with Gasteiger partial charge in [-0.05, 0) is 24.3 Å². The molecule has 5 rings (SSSR count). The monoisotopic (exact) mass is 418 g/mol. The molecule has 0 atom stereocenters. The van der Waals surface area contributed by atoms with E-state index in [1.165, 1.54) is 17.2 Å². The normalized spacial score (nSPS) is 14.3. The van der Waals surface area contributed by atoms with E-state index >= 15 is 0 Å². The van der Waals surface area contributed by atoms with Gasteiger partial charge in [0.2, 0.25) is 0 Å². The molecule has 0 aliphatic carbocycles. The van der Waals surface area contributed by atoms with Gasteiger partial charge in [-0.1, -0.05) is 12.1 Å². The predicted octanol–water partition coefficient (Wildman–Crippen LogP) is 2.58. The molecule has 0 radical (unpaired) electrons. The van der Waals surface area contributed by atoms with Gasteiger partial charge in [-0.3, -0.25) is 4.79 Å². The average Bonchev–Trinajstić information content (AvgIpc) is 3.31. The topological polar surface area (TPSA) is 93.6 Å². The molecule has 0 bridgehead atoms. The number of rotatable bonds is 4. The minimum atomic E-state index is -0.205. The Kier molecular flexibility index (Phi) is 5.01. The van der Waals surface area contributed by atoms with Gasteiger partial charge in [0.1, 0.15) is 5.69 Å². The number of aryl methyl sites for hydroxylation is 1. The molecule has 1 aliphatic rings. The zero-order valence-corrected chi connectivity index (χ0v) is 17.1. The summed E-state index contributed by atoms with van der Waals surface area (Å²) in [5.74, 6) is 0.422. The van der Waals surface area contributed by atoms with Crippen LogP contribution in [0.1, 0.15) is 5.56 Å². The van der Waals surface area contributed by atoms with E-state index in [0.29, 0.717) is 33.6 Å². The maximum Gasteiger partial charge on any atom is 0.263 e. The minimum Gasteiger partial charge on any atom is -0.462 e. The van der Waals surface area contributed by atoms with Crippen LogP contribution in [0.5, 0.6) is 0 Å². The molecule has 0 saturated carbocycles. The number of hydrogen-bond donors (Lipinski definition) is 1. The lowest BCUT2D eigenvalue weighted by molar-refractivity contribution is 0.122. The smallest absolute Gasteiger partial charge is 0.263 e. The summed E-state index contributed by atoms with van der Waals surface area (Å²) in [4.78, 5) is 24.3. The molecule has 0 unspecified atom stereocenters. The summed E-state index contributed by atoms with van der Waals surface area (Å²) in [6.07, 6.45) is 2.97. The number of benzene rings is 1. The van der Waals surface area contributed by atoms with Gasteiger partial charge < -0.3 is 23.7 Å². The van der Waals surface area contributed by atoms with E-state index in [4.69, 9.17) is 14.1 Å². The lowest BCUT2D eigenvalue weighted by Gasteiger charge is -2.28. The maximum absolute atomic E-state index is 12.8. The minimum absolute atomic E-state index is 0.152. The Hall–Kier alpha value is -3.49. The molecule has 0 amide bonds. The second-order valence-corrected chi connectivity index (χ2v) is 7.53. The summed E-state index contributed by atoms with van der Waals surface area (Å²) in [6, 6.07) is 11.7. The van der Waals surface area contributed by atoms with Crippen LogP contribution < -0.4 is 10.5 Å². The molecule has 1 saturated heterocycles.